The molecule has 26 heavy (non-hydrogen) atoms. The van der Waals surface area contributed by atoms with Crippen molar-refractivity contribution in [3.05, 3.63) is 64.9 Å². The normalized spacial score (nSPS) is 11.9. The van der Waals surface area contributed by atoms with E-state index in [-0.39, 0.29) is 6.61 Å². The summed E-state index contributed by atoms with van der Waals surface area (Å²) in [7, 11) is 0. The standard InChI is InChI=1S/C18H16BrN3O3S/c1-12(17(23)24)26-18-21-20-16(22(18)14-5-3-2-4-6-14)11-25-15-9-7-13(19)8-10-15/h2-10,12H,11H2,1H3,(H,23,24)/t12-/m0/s1. The SMILES string of the molecule is C[C@H](Sc1nnc(COc2ccc(Br)cc2)n1-c1ccccc1)C(=O)O. The van der Waals surface area contributed by atoms with E-state index in [2.05, 4.69) is 26.1 Å². The minimum atomic E-state index is -0.898. The van der Waals surface area contributed by atoms with Crippen molar-refractivity contribution < 1.29 is 14.6 Å². The lowest BCUT2D eigenvalue weighted by Crippen LogP contribution is -2.13. The smallest absolute Gasteiger partial charge is 0.316 e. The summed E-state index contributed by atoms with van der Waals surface area (Å²) in [6.07, 6.45) is 0. The number of aliphatic carboxylic acids is 1. The van der Waals surface area contributed by atoms with E-state index in [9.17, 15) is 9.90 Å². The van der Waals surface area contributed by atoms with Gasteiger partial charge in [-0.1, -0.05) is 45.9 Å². The molecule has 0 radical (unpaired) electrons. The van der Waals surface area contributed by atoms with Crippen LogP contribution in [0.3, 0.4) is 0 Å². The van der Waals surface area contributed by atoms with E-state index in [0.29, 0.717) is 16.7 Å². The molecule has 0 amide bonds. The summed E-state index contributed by atoms with van der Waals surface area (Å²) in [5.74, 6) is 0.411. The highest BCUT2D eigenvalue weighted by Gasteiger charge is 2.20. The number of hydrogen-bond donors (Lipinski definition) is 1. The monoisotopic (exact) mass is 433 g/mol. The molecule has 3 aromatic rings. The number of hydrogen-bond acceptors (Lipinski definition) is 5. The molecule has 1 N–H and O–H groups in total. The highest BCUT2D eigenvalue weighted by molar-refractivity contribution is 9.10. The quantitative estimate of drug-likeness (QED) is 0.563. The molecule has 0 unspecified atom stereocenters. The van der Waals surface area contributed by atoms with Gasteiger partial charge in [-0.15, -0.1) is 10.2 Å². The second kappa shape index (κ2) is 8.37. The highest BCUT2D eigenvalue weighted by atomic mass is 79.9. The van der Waals surface area contributed by atoms with Gasteiger partial charge in [0.2, 0.25) is 0 Å². The van der Waals surface area contributed by atoms with Crippen LogP contribution >= 0.6 is 27.7 Å². The van der Waals surface area contributed by atoms with Crippen LogP contribution in [0.1, 0.15) is 12.7 Å². The lowest BCUT2D eigenvalue weighted by Gasteiger charge is -2.12. The number of carbonyl (C=O) groups is 1. The number of aromatic nitrogens is 3. The Labute approximate surface area is 163 Å². The topological polar surface area (TPSA) is 77.2 Å². The number of nitrogens with zero attached hydrogens (tertiary/aromatic N) is 3. The van der Waals surface area contributed by atoms with Gasteiger partial charge in [-0.25, -0.2) is 0 Å². The Morgan fingerprint density at radius 3 is 2.54 bits per heavy atom. The summed E-state index contributed by atoms with van der Waals surface area (Å²) >= 11 is 4.53. The zero-order chi connectivity index (χ0) is 18.5. The molecule has 0 aliphatic heterocycles. The first-order valence-electron chi connectivity index (χ1n) is 7.82. The summed E-state index contributed by atoms with van der Waals surface area (Å²) in [6, 6.07) is 17.1. The Balaban J connectivity index is 1.88. The Bertz CT molecular complexity index is 884. The van der Waals surface area contributed by atoms with E-state index in [1.54, 1.807) is 6.92 Å². The molecule has 0 fully saturated rings. The molecule has 2 aromatic carbocycles. The van der Waals surface area contributed by atoms with Crippen molar-refractivity contribution in [2.45, 2.75) is 23.9 Å². The minimum Gasteiger partial charge on any atom is -0.486 e. The van der Waals surface area contributed by atoms with Gasteiger partial charge in [-0.3, -0.25) is 9.36 Å². The zero-order valence-electron chi connectivity index (χ0n) is 13.9. The van der Waals surface area contributed by atoms with Crippen molar-refractivity contribution >= 4 is 33.7 Å². The van der Waals surface area contributed by atoms with Gasteiger partial charge < -0.3 is 9.84 Å². The average molecular weight is 434 g/mol. The van der Waals surface area contributed by atoms with Crippen molar-refractivity contribution in [3.63, 3.8) is 0 Å². The van der Waals surface area contributed by atoms with E-state index >= 15 is 0 Å². The van der Waals surface area contributed by atoms with Crippen molar-refractivity contribution in [2.24, 2.45) is 0 Å². The predicted molar refractivity (Wildman–Crippen MR) is 103 cm³/mol. The molecule has 0 saturated heterocycles. The minimum absolute atomic E-state index is 0.214. The molecule has 0 aliphatic carbocycles. The molecule has 0 aliphatic rings. The maximum Gasteiger partial charge on any atom is 0.316 e. The van der Waals surface area contributed by atoms with E-state index in [0.717, 1.165) is 21.9 Å². The van der Waals surface area contributed by atoms with E-state index in [4.69, 9.17) is 4.74 Å². The van der Waals surface area contributed by atoms with Gasteiger partial charge in [0.25, 0.3) is 0 Å². The van der Waals surface area contributed by atoms with E-state index in [1.807, 2.05) is 59.2 Å². The van der Waals surface area contributed by atoms with Crippen molar-refractivity contribution in [3.8, 4) is 11.4 Å². The highest BCUT2D eigenvalue weighted by Crippen LogP contribution is 2.26. The molecule has 1 atom stereocenters. The third-order valence-corrected chi connectivity index (χ3v) is 5.09. The van der Waals surface area contributed by atoms with Gasteiger partial charge in [-0.2, -0.15) is 0 Å². The zero-order valence-corrected chi connectivity index (χ0v) is 16.3. The molecular weight excluding hydrogens is 418 g/mol. The fourth-order valence-electron chi connectivity index (χ4n) is 2.19. The maximum absolute atomic E-state index is 11.2. The Hall–Kier alpha value is -2.32. The van der Waals surface area contributed by atoms with Crippen molar-refractivity contribution in [1.29, 1.82) is 0 Å². The summed E-state index contributed by atoms with van der Waals surface area (Å²) < 4.78 is 8.60. The van der Waals surface area contributed by atoms with Gasteiger partial charge in [0.05, 0.1) is 0 Å². The van der Waals surface area contributed by atoms with Crippen LogP contribution in [0.25, 0.3) is 5.69 Å². The van der Waals surface area contributed by atoms with Crippen LogP contribution in [0.2, 0.25) is 0 Å². The van der Waals surface area contributed by atoms with Crippen LogP contribution in [-0.4, -0.2) is 31.1 Å². The number of rotatable bonds is 7. The van der Waals surface area contributed by atoms with Gasteiger partial charge in [0.1, 0.15) is 17.6 Å². The fraction of sp³-hybridized carbons (Fsp3) is 0.167. The second-order valence-electron chi connectivity index (χ2n) is 5.41. The molecular formula is C18H16BrN3O3S. The first kappa shape index (κ1) is 18.5. The molecule has 6 nitrogen and oxygen atoms in total. The first-order chi connectivity index (χ1) is 12.5. The first-order valence-corrected chi connectivity index (χ1v) is 9.49. The molecule has 3 rings (SSSR count). The molecule has 134 valence electrons. The lowest BCUT2D eigenvalue weighted by molar-refractivity contribution is -0.136. The summed E-state index contributed by atoms with van der Waals surface area (Å²) in [5, 5.41) is 17.4. The van der Waals surface area contributed by atoms with Crippen LogP contribution in [0.5, 0.6) is 5.75 Å². The molecule has 1 heterocycles. The van der Waals surface area contributed by atoms with Gasteiger partial charge in [0.15, 0.2) is 11.0 Å². The van der Waals surface area contributed by atoms with Crippen molar-refractivity contribution in [2.75, 3.05) is 0 Å². The Morgan fingerprint density at radius 2 is 1.88 bits per heavy atom. The number of ether oxygens (including phenoxy) is 1. The van der Waals surface area contributed by atoms with Crippen LogP contribution in [0.4, 0.5) is 0 Å². The number of benzene rings is 2. The van der Waals surface area contributed by atoms with Crippen LogP contribution in [-0.2, 0) is 11.4 Å². The van der Waals surface area contributed by atoms with Gasteiger partial charge in [-0.05, 0) is 43.3 Å². The third kappa shape index (κ3) is 4.44. The van der Waals surface area contributed by atoms with Crippen molar-refractivity contribution in [1.82, 2.24) is 14.8 Å². The summed E-state index contributed by atoms with van der Waals surface area (Å²) in [6.45, 7) is 1.83. The van der Waals surface area contributed by atoms with Gasteiger partial charge >= 0.3 is 5.97 Å². The summed E-state index contributed by atoms with van der Waals surface area (Å²) in [4.78, 5) is 11.2. The number of thioether (sulfide) groups is 1. The third-order valence-electron chi connectivity index (χ3n) is 3.53. The summed E-state index contributed by atoms with van der Waals surface area (Å²) in [5.41, 5.74) is 0.854. The number of carboxylic acids is 1. The molecule has 8 heteroatoms. The van der Waals surface area contributed by atoms with E-state index in [1.165, 1.54) is 0 Å². The van der Waals surface area contributed by atoms with Crippen LogP contribution in [0, 0.1) is 0 Å². The van der Waals surface area contributed by atoms with Crippen LogP contribution in [0.15, 0.2) is 64.2 Å². The van der Waals surface area contributed by atoms with Crippen LogP contribution < -0.4 is 4.74 Å². The average Bonchev–Trinajstić information content (AvgIpc) is 3.04. The second-order valence-corrected chi connectivity index (χ2v) is 7.63. The Kier molecular flexibility index (Phi) is 5.95. The number of carboxylic acid groups (broad SMARTS) is 1. The molecule has 0 saturated carbocycles. The van der Waals surface area contributed by atoms with E-state index < -0.39 is 11.2 Å². The predicted octanol–water partition coefficient (Wildman–Crippen LogP) is 4.17. The molecule has 1 aromatic heterocycles. The Morgan fingerprint density at radius 1 is 1.19 bits per heavy atom. The number of para-hydroxylation sites is 1. The molecule has 0 spiro atoms. The van der Waals surface area contributed by atoms with Gasteiger partial charge in [0, 0.05) is 10.2 Å². The maximum atomic E-state index is 11.2. The number of halogens is 1. The lowest BCUT2D eigenvalue weighted by atomic mass is 10.3. The molecule has 0 bridgehead atoms. The fourth-order valence-corrected chi connectivity index (χ4v) is 3.28. The largest absolute Gasteiger partial charge is 0.486 e.